The number of carboxylic acids is 1. The quantitative estimate of drug-likeness (QED) is 0.221. The summed E-state index contributed by atoms with van der Waals surface area (Å²) in [7, 11) is 0. The largest absolute Gasteiger partial charge is 0.481 e. The number of nitrogens with zero attached hydrogens (tertiary/aromatic N) is 3. The highest BCUT2D eigenvalue weighted by molar-refractivity contribution is 5.95. The Morgan fingerprint density at radius 1 is 1.10 bits per heavy atom. The minimum absolute atomic E-state index is 0.147. The van der Waals surface area contributed by atoms with Crippen molar-refractivity contribution in [2.45, 2.75) is 44.8 Å². The molecule has 2 atom stereocenters. The zero-order valence-electron chi connectivity index (χ0n) is 22.9. The number of benzene rings is 3. The van der Waals surface area contributed by atoms with E-state index in [9.17, 15) is 32.3 Å². The fourth-order valence-corrected chi connectivity index (χ4v) is 5.39. The molecule has 1 aromatic heterocycles. The molecule has 0 saturated carbocycles. The van der Waals surface area contributed by atoms with Crippen LogP contribution in [0.4, 0.5) is 23.2 Å². The molecule has 42 heavy (non-hydrogen) atoms. The van der Waals surface area contributed by atoms with Gasteiger partial charge in [-0.1, -0.05) is 6.07 Å². The summed E-state index contributed by atoms with van der Waals surface area (Å²) in [5, 5.41) is 17.6. The first-order valence-corrected chi connectivity index (χ1v) is 13.7. The highest BCUT2D eigenvalue weighted by Crippen LogP contribution is 2.33. The Morgan fingerprint density at radius 3 is 2.55 bits per heavy atom. The van der Waals surface area contributed by atoms with Crippen LogP contribution in [0.5, 0.6) is 0 Å². The number of alkyl halides is 3. The third kappa shape index (κ3) is 6.72. The molecule has 1 saturated heterocycles. The van der Waals surface area contributed by atoms with Crippen molar-refractivity contribution in [1.29, 1.82) is 0 Å². The molecule has 4 aromatic rings. The number of halogens is 4. The van der Waals surface area contributed by atoms with Crippen molar-refractivity contribution >= 4 is 28.5 Å². The summed E-state index contributed by atoms with van der Waals surface area (Å²) in [5.74, 6) is -2.17. The van der Waals surface area contributed by atoms with E-state index in [1.54, 1.807) is 53.3 Å². The van der Waals surface area contributed by atoms with Crippen molar-refractivity contribution < 1.29 is 32.3 Å². The molecule has 11 heteroatoms. The van der Waals surface area contributed by atoms with E-state index >= 15 is 0 Å². The van der Waals surface area contributed by atoms with Gasteiger partial charge in [-0.05, 0) is 91.9 Å². The van der Waals surface area contributed by atoms with Crippen LogP contribution in [0.25, 0.3) is 16.6 Å². The lowest BCUT2D eigenvalue weighted by Crippen LogP contribution is -2.42. The van der Waals surface area contributed by atoms with Crippen molar-refractivity contribution in [3.8, 4) is 5.69 Å². The molecule has 1 amide bonds. The number of carbonyl (C=O) groups excluding carboxylic acids is 1. The number of aliphatic carboxylic acids is 1. The average Bonchev–Trinajstić information content (AvgIpc) is 3.38. The van der Waals surface area contributed by atoms with Gasteiger partial charge in [0.05, 0.1) is 23.2 Å². The molecule has 220 valence electrons. The van der Waals surface area contributed by atoms with Gasteiger partial charge in [0.15, 0.2) is 0 Å². The van der Waals surface area contributed by atoms with Gasteiger partial charge in [-0.15, -0.1) is 0 Å². The Labute approximate surface area is 239 Å². The zero-order chi connectivity index (χ0) is 30.0. The molecule has 1 aliphatic rings. The molecular formula is C31H30F4N4O3. The van der Waals surface area contributed by atoms with Gasteiger partial charge in [0, 0.05) is 42.3 Å². The normalized spacial score (nSPS) is 16.4. The first-order valence-electron chi connectivity index (χ1n) is 13.7. The molecule has 3 aromatic carbocycles. The summed E-state index contributed by atoms with van der Waals surface area (Å²) >= 11 is 0. The van der Waals surface area contributed by atoms with Crippen molar-refractivity contribution in [3.63, 3.8) is 0 Å². The van der Waals surface area contributed by atoms with Crippen molar-refractivity contribution in [3.05, 3.63) is 89.4 Å². The standard InChI is InChI=1S/C31H30F4N4O3/c1-19-15-25(39-18-22-16-23(32)6-11-27(22)37-39)9-10-26(19)28(12-13-31(33,34)35)36-24-7-4-20(5-8-24)29(40)38-14-2-3-21(17-38)30(41)42/h4-11,15-16,18,21,28,36H,2-3,12-14,17H2,1H3,(H,41,42)/t21-,28?/m1/s1. The summed E-state index contributed by atoms with van der Waals surface area (Å²) in [5.41, 5.74) is 3.66. The van der Waals surface area contributed by atoms with E-state index in [-0.39, 0.29) is 24.7 Å². The lowest BCUT2D eigenvalue weighted by atomic mass is 9.96. The first kappa shape index (κ1) is 29.1. The number of carboxylic acid groups (broad SMARTS) is 1. The van der Waals surface area contributed by atoms with Crippen LogP contribution in [0.2, 0.25) is 0 Å². The van der Waals surface area contributed by atoms with Crippen LogP contribution in [-0.4, -0.2) is 50.9 Å². The maximum atomic E-state index is 13.6. The SMILES string of the molecule is Cc1cc(-n2cc3cc(F)ccc3n2)ccc1C(CCC(F)(F)F)Nc1ccc(C(=O)N2CCC[C@@H](C(=O)O)C2)cc1. The van der Waals surface area contributed by atoms with E-state index in [2.05, 4.69) is 10.4 Å². The number of aryl methyl sites for hydroxylation is 1. The number of aromatic nitrogens is 2. The van der Waals surface area contributed by atoms with Crippen molar-refractivity contribution in [1.82, 2.24) is 14.7 Å². The number of anilines is 1. The topological polar surface area (TPSA) is 87.5 Å². The summed E-state index contributed by atoms with van der Waals surface area (Å²) in [6, 6.07) is 15.4. The number of piperidine rings is 1. The van der Waals surface area contributed by atoms with Gasteiger partial charge in [-0.3, -0.25) is 9.59 Å². The number of likely N-dealkylation sites (tertiary alicyclic amines) is 1. The molecule has 0 spiro atoms. The lowest BCUT2D eigenvalue weighted by Gasteiger charge is -2.30. The maximum absolute atomic E-state index is 13.6. The monoisotopic (exact) mass is 582 g/mol. The minimum Gasteiger partial charge on any atom is -0.481 e. The third-order valence-electron chi connectivity index (χ3n) is 7.61. The lowest BCUT2D eigenvalue weighted by molar-refractivity contribution is -0.143. The fourth-order valence-electron chi connectivity index (χ4n) is 5.39. The molecule has 1 unspecified atom stereocenters. The number of rotatable bonds is 8. The second-order valence-electron chi connectivity index (χ2n) is 10.7. The fraction of sp³-hybridized carbons (Fsp3) is 0.323. The predicted octanol–water partition coefficient (Wildman–Crippen LogP) is 6.91. The Hall–Kier alpha value is -4.41. The molecule has 1 fully saturated rings. The van der Waals surface area contributed by atoms with Crippen molar-refractivity contribution in [2.24, 2.45) is 5.92 Å². The summed E-state index contributed by atoms with van der Waals surface area (Å²) < 4.78 is 54.9. The van der Waals surface area contributed by atoms with E-state index in [0.717, 1.165) is 5.56 Å². The van der Waals surface area contributed by atoms with Crippen LogP contribution in [0.1, 0.15) is 53.2 Å². The summed E-state index contributed by atoms with van der Waals surface area (Å²) in [4.78, 5) is 25.9. The number of hydrogen-bond donors (Lipinski definition) is 2. The number of fused-ring (bicyclic) bond motifs is 1. The Bertz CT molecular complexity index is 1600. The van der Waals surface area contributed by atoms with Gasteiger partial charge >= 0.3 is 12.1 Å². The van der Waals surface area contributed by atoms with Gasteiger partial charge in [-0.2, -0.15) is 18.3 Å². The van der Waals surface area contributed by atoms with Crippen LogP contribution in [0.3, 0.4) is 0 Å². The maximum Gasteiger partial charge on any atom is 0.389 e. The number of hydrogen-bond acceptors (Lipinski definition) is 4. The Morgan fingerprint density at radius 2 is 1.86 bits per heavy atom. The first-order chi connectivity index (χ1) is 20.0. The van der Waals surface area contributed by atoms with Gasteiger partial charge < -0.3 is 15.3 Å². The van der Waals surface area contributed by atoms with Crippen molar-refractivity contribution in [2.75, 3.05) is 18.4 Å². The van der Waals surface area contributed by atoms with Crippen LogP contribution >= 0.6 is 0 Å². The number of nitrogens with one attached hydrogen (secondary N) is 1. The highest BCUT2D eigenvalue weighted by atomic mass is 19.4. The van der Waals surface area contributed by atoms with Gasteiger partial charge in [-0.25, -0.2) is 9.07 Å². The van der Waals surface area contributed by atoms with Gasteiger partial charge in [0.2, 0.25) is 0 Å². The summed E-state index contributed by atoms with van der Waals surface area (Å²) in [6.07, 6.45) is -2.70. The molecule has 0 aliphatic carbocycles. The molecule has 1 aliphatic heterocycles. The zero-order valence-corrected chi connectivity index (χ0v) is 22.9. The molecular weight excluding hydrogens is 552 g/mol. The molecule has 2 N–H and O–H groups in total. The average molecular weight is 583 g/mol. The third-order valence-corrected chi connectivity index (χ3v) is 7.61. The van der Waals surface area contributed by atoms with E-state index < -0.39 is 30.5 Å². The van der Waals surface area contributed by atoms with E-state index in [0.29, 0.717) is 52.8 Å². The molecule has 2 heterocycles. The van der Waals surface area contributed by atoms with Crippen LogP contribution in [0.15, 0.2) is 66.9 Å². The second-order valence-corrected chi connectivity index (χ2v) is 10.7. The minimum atomic E-state index is -4.34. The molecule has 0 radical (unpaired) electrons. The van der Waals surface area contributed by atoms with E-state index in [4.69, 9.17) is 0 Å². The Balaban J connectivity index is 1.35. The van der Waals surface area contributed by atoms with Crippen LogP contribution in [-0.2, 0) is 4.79 Å². The van der Waals surface area contributed by atoms with Gasteiger partial charge in [0.1, 0.15) is 5.82 Å². The van der Waals surface area contributed by atoms with Crippen LogP contribution in [0, 0.1) is 18.7 Å². The Kier molecular flexibility index (Phi) is 8.20. The highest BCUT2D eigenvalue weighted by Gasteiger charge is 2.30. The number of carbonyl (C=O) groups is 2. The van der Waals surface area contributed by atoms with Gasteiger partial charge in [0.25, 0.3) is 5.91 Å². The smallest absolute Gasteiger partial charge is 0.389 e. The van der Waals surface area contributed by atoms with E-state index in [1.165, 1.54) is 17.0 Å². The number of amides is 1. The molecule has 0 bridgehead atoms. The molecule has 5 rings (SSSR count). The summed E-state index contributed by atoms with van der Waals surface area (Å²) in [6.45, 7) is 2.44. The molecule has 7 nitrogen and oxygen atoms in total. The second kappa shape index (κ2) is 11.8. The van der Waals surface area contributed by atoms with Crippen LogP contribution < -0.4 is 5.32 Å². The predicted molar refractivity (Wildman–Crippen MR) is 150 cm³/mol. The van der Waals surface area contributed by atoms with E-state index in [1.807, 2.05) is 13.0 Å².